The molecule has 1 saturated heterocycles. The van der Waals surface area contributed by atoms with Crippen LogP contribution >= 0.6 is 22.9 Å². The zero-order valence-electron chi connectivity index (χ0n) is 19.1. The number of allylic oxidation sites excluding steroid dienone is 2. The zero-order valence-corrected chi connectivity index (χ0v) is 20.7. The Hall–Kier alpha value is -3.36. The highest BCUT2D eigenvalue weighted by atomic mass is 35.5. The number of carbonyl (C=O) groups is 2. The highest BCUT2D eigenvalue weighted by Gasteiger charge is 2.28. The largest absolute Gasteiger partial charge is 0.494 e. The fourth-order valence-electron chi connectivity index (χ4n) is 4.64. The molecule has 1 atom stereocenters. The number of aromatic nitrogens is 1. The Morgan fingerprint density at radius 3 is 2.97 bits per heavy atom. The number of likely N-dealkylation sites (N-methyl/N-ethyl adjacent to an activating group) is 1. The number of fused-ring (bicyclic) bond motifs is 1. The van der Waals surface area contributed by atoms with Gasteiger partial charge in [0.2, 0.25) is 11.8 Å². The zero-order chi connectivity index (χ0) is 24.5. The van der Waals surface area contributed by atoms with Crippen molar-refractivity contribution in [2.75, 3.05) is 13.6 Å². The Kier molecular flexibility index (Phi) is 6.49. The van der Waals surface area contributed by atoms with E-state index >= 15 is 0 Å². The van der Waals surface area contributed by atoms with Crippen LogP contribution in [0.2, 0.25) is 4.34 Å². The maximum atomic E-state index is 12.6. The van der Waals surface area contributed by atoms with Crippen molar-refractivity contribution in [1.82, 2.24) is 9.47 Å². The van der Waals surface area contributed by atoms with Gasteiger partial charge in [-0.2, -0.15) is 4.99 Å². The van der Waals surface area contributed by atoms with E-state index in [-0.39, 0.29) is 17.7 Å². The van der Waals surface area contributed by atoms with E-state index < -0.39 is 6.09 Å². The molecule has 2 aromatic heterocycles. The molecule has 5 rings (SSSR count). The Morgan fingerprint density at radius 1 is 1.31 bits per heavy atom. The Bertz CT molecular complexity index is 1360. The molecule has 0 spiro atoms. The number of amides is 2. The van der Waals surface area contributed by atoms with Gasteiger partial charge in [0.1, 0.15) is 0 Å². The first-order valence-corrected chi connectivity index (χ1v) is 12.6. The van der Waals surface area contributed by atoms with E-state index in [1.54, 1.807) is 27.7 Å². The molecular weight excluding hydrogens is 486 g/mol. The van der Waals surface area contributed by atoms with Crippen molar-refractivity contribution in [3.63, 3.8) is 0 Å². The molecule has 1 unspecified atom stereocenters. The molecule has 2 amide bonds. The van der Waals surface area contributed by atoms with E-state index in [9.17, 15) is 14.7 Å². The van der Waals surface area contributed by atoms with Crippen molar-refractivity contribution in [3.8, 4) is 10.9 Å². The number of carbonyl (C=O) groups excluding carboxylic acids is 2. The average Bonchev–Trinajstić information content (AvgIpc) is 3.38. The van der Waals surface area contributed by atoms with Crippen LogP contribution in [0.25, 0.3) is 0 Å². The molecule has 2 aliphatic rings. The summed E-state index contributed by atoms with van der Waals surface area (Å²) < 4.78 is 7.49. The van der Waals surface area contributed by atoms with Gasteiger partial charge in [0.15, 0.2) is 5.06 Å². The van der Waals surface area contributed by atoms with Crippen molar-refractivity contribution < 1.29 is 19.4 Å². The van der Waals surface area contributed by atoms with Gasteiger partial charge in [-0.3, -0.25) is 4.79 Å². The van der Waals surface area contributed by atoms with Gasteiger partial charge in [0.25, 0.3) is 0 Å². The first kappa shape index (κ1) is 23.4. The lowest BCUT2D eigenvalue weighted by atomic mass is 9.89. The van der Waals surface area contributed by atoms with Gasteiger partial charge in [0.05, 0.1) is 28.1 Å². The number of hydrogen-bond donors (Lipinski definition) is 1. The fraction of sp³-hybridized carbons (Fsp3) is 0.269. The molecule has 3 aromatic rings. The lowest BCUT2D eigenvalue weighted by Gasteiger charge is -2.29. The molecule has 9 heteroatoms. The van der Waals surface area contributed by atoms with Crippen molar-refractivity contribution in [2.45, 2.75) is 31.7 Å². The second kappa shape index (κ2) is 9.71. The number of nitrogens with zero attached hydrogens (tertiary/aromatic N) is 3. The number of rotatable bonds is 4. The van der Waals surface area contributed by atoms with Crippen molar-refractivity contribution in [2.24, 2.45) is 4.99 Å². The van der Waals surface area contributed by atoms with Crippen LogP contribution in [0, 0.1) is 0 Å². The number of likely N-dealkylation sites (tertiary alicyclic amines) is 1. The number of benzene rings is 1. The van der Waals surface area contributed by atoms with E-state index in [1.807, 2.05) is 43.6 Å². The topological polar surface area (TPSA) is 84.1 Å². The Balaban J connectivity index is 1.37. The fourth-order valence-corrected chi connectivity index (χ4v) is 5.50. The van der Waals surface area contributed by atoms with Gasteiger partial charge < -0.3 is 19.3 Å². The summed E-state index contributed by atoms with van der Waals surface area (Å²) in [6, 6.07) is 11.2. The Morgan fingerprint density at radius 2 is 2.17 bits per heavy atom. The summed E-state index contributed by atoms with van der Waals surface area (Å²) in [6.45, 7) is 1.22. The third-order valence-corrected chi connectivity index (χ3v) is 7.42. The second-order valence-corrected chi connectivity index (χ2v) is 10.4. The number of halogens is 1. The maximum absolute atomic E-state index is 12.6. The molecule has 0 bridgehead atoms. The van der Waals surface area contributed by atoms with E-state index in [2.05, 4.69) is 4.99 Å². The number of aromatic hydroxyl groups is 1. The average molecular weight is 510 g/mol. The van der Waals surface area contributed by atoms with Gasteiger partial charge in [-0.15, -0.1) is 0 Å². The monoisotopic (exact) mass is 509 g/mol. The third kappa shape index (κ3) is 4.90. The molecule has 7 nitrogen and oxygen atoms in total. The first-order chi connectivity index (χ1) is 16.9. The predicted molar refractivity (Wildman–Crippen MR) is 136 cm³/mol. The molecule has 1 aromatic carbocycles. The van der Waals surface area contributed by atoms with Gasteiger partial charge in [-0.1, -0.05) is 53.3 Å². The molecular formula is C26H24ClN3O4S. The van der Waals surface area contributed by atoms with Crippen molar-refractivity contribution in [1.29, 1.82) is 0 Å². The summed E-state index contributed by atoms with van der Waals surface area (Å²) in [5.74, 6) is 0.0533. The summed E-state index contributed by atoms with van der Waals surface area (Å²) in [4.78, 5) is 30.8. The van der Waals surface area contributed by atoms with Crippen LogP contribution in [-0.2, 0) is 17.8 Å². The summed E-state index contributed by atoms with van der Waals surface area (Å²) >= 11 is 7.03. The summed E-state index contributed by atoms with van der Waals surface area (Å²) in [7, 11) is 1.85. The molecule has 1 aliphatic carbocycles. The van der Waals surface area contributed by atoms with Crippen LogP contribution in [0.5, 0.6) is 10.9 Å². The number of piperidine rings is 1. The van der Waals surface area contributed by atoms with Crippen LogP contribution in [0.3, 0.4) is 0 Å². The lowest BCUT2D eigenvalue weighted by Crippen LogP contribution is -2.37. The van der Waals surface area contributed by atoms with Gasteiger partial charge in [-0.25, -0.2) is 4.79 Å². The first-order valence-electron chi connectivity index (χ1n) is 11.4. The second-order valence-electron chi connectivity index (χ2n) is 8.71. The SMILES string of the molecule is CN1CCCC(c2cccc(Cn3cc4c(c3O)C(=NC(=O)Oc3ccc(Cl)s3)C=CC4)c2)C1=O. The van der Waals surface area contributed by atoms with Gasteiger partial charge in [0, 0.05) is 19.8 Å². The number of hydrogen-bond acceptors (Lipinski definition) is 5. The van der Waals surface area contributed by atoms with E-state index in [0.717, 1.165) is 47.4 Å². The van der Waals surface area contributed by atoms with Gasteiger partial charge >= 0.3 is 6.09 Å². The minimum absolute atomic E-state index is 0.0361. The maximum Gasteiger partial charge on any atom is 0.440 e. The molecule has 35 heavy (non-hydrogen) atoms. The highest BCUT2D eigenvalue weighted by Crippen LogP contribution is 2.32. The van der Waals surface area contributed by atoms with Crippen LogP contribution in [-0.4, -0.2) is 45.9 Å². The quantitative estimate of drug-likeness (QED) is 0.511. The van der Waals surface area contributed by atoms with E-state index in [4.69, 9.17) is 16.3 Å². The smallest absolute Gasteiger partial charge is 0.440 e. The molecule has 1 aliphatic heterocycles. The third-order valence-electron chi connectivity index (χ3n) is 6.31. The minimum atomic E-state index is -0.780. The number of ether oxygens (including phenoxy) is 1. The summed E-state index contributed by atoms with van der Waals surface area (Å²) in [5, 5.41) is 11.4. The number of thiophene rings is 1. The van der Waals surface area contributed by atoms with Crippen LogP contribution in [0.4, 0.5) is 4.79 Å². The molecule has 1 N–H and O–H groups in total. The van der Waals surface area contributed by atoms with Crippen molar-refractivity contribution >= 4 is 40.6 Å². The number of aliphatic imine (C=N–C) groups is 1. The lowest BCUT2D eigenvalue weighted by molar-refractivity contribution is -0.133. The molecule has 1 fully saturated rings. The van der Waals surface area contributed by atoms with Crippen LogP contribution in [0.1, 0.15) is 41.0 Å². The molecule has 0 saturated carbocycles. The Labute approximate surface area is 211 Å². The molecule has 180 valence electrons. The molecule has 3 heterocycles. The van der Waals surface area contributed by atoms with Gasteiger partial charge in [-0.05, 0) is 54.2 Å². The van der Waals surface area contributed by atoms with Crippen molar-refractivity contribution in [3.05, 3.63) is 81.3 Å². The summed E-state index contributed by atoms with van der Waals surface area (Å²) in [5.41, 5.74) is 3.71. The standard InChI is InChI=1S/C26H24ClN3O4S/c1-29-12-4-8-19(24(29)31)17-6-2-5-16(13-17)14-30-15-18-7-3-9-20(23(18)25(30)32)28-26(33)34-22-11-10-21(27)35-22/h2-3,5-6,9-11,13,15,19,32H,4,7-8,12,14H2,1H3. The molecule has 0 radical (unpaired) electrons. The normalized spacial score (nSPS) is 18.7. The van der Waals surface area contributed by atoms with E-state index in [1.165, 1.54) is 0 Å². The minimum Gasteiger partial charge on any atom is -0.494 e. The van der Waals surface area contributed by atoms with Crippen LogP contribution < -0.4 is 4.74 Å². The van der Waals surface area contributed by atoms with Crippen LogP contribution in [0.15, 0.2) is 59.7 Å². The van der Waals surface area contributed by atoms with E-state index in [0.29, 0.717) is 33.6 Å². The highest BCUT2D eigenvalue weighted by molar-refractivity contribution is 7.17. The predicted octanol–water partition coefficient (Wildman–Crippen LogP) is 5.39. The summed E-state index contributed by atoms with van der Waals surface area (Å²) in [6.07, 6.45) is 7.15.